The maximum Gasteiger partial charge on any atom is 0.257 e. The number of ether oxygens (including phenoxy) is 2. The second-order valence-corrected chi connectivity index (χ2v) is 8.52. The number of fused-ring (bicyclic) bond motifs is 2. The van der Waals surface area contributed by atoms with Crippen molar-refractivity contribution in [2.75, 3.05) is 12.1 Å². The Bertz CT molecular complexity index is 912. The molecule has 0 radical (unpaired) electrons. The van der Waals surface area contributed by atoms with Crippen LogP contribution in [-0.2, 0) is 0 Å². The number of thioether (sulfide) groups is 1. The Labute approximate surface area is 153 Å². The fourth-order valence-corrected chi connectivity index (χ4v) is 4.29. The number of nitrogens with zero attached hydrogens (tertiary/aromatic N) is 1. The summed E-state index contributed by atoms with van der Waals surface area (Å²) in [4.78, 5) is 18.1. The normalized spacial score (nSPS) is 12.8. The number of benzene rings is 2. The fourth-order valence-electron chi connectivity index (χ4n) is 2.52. The first-order chi connectivity index (χ1) is 12.1. The maximum absolute atomic E-state index is 12.5. The van der Waals surface area contributed by atoms with Crippen molar-refractivity contribution in [2.45, 2.75) is 24.0 Å². The monoisotopic (exact) mass is 372 g/mol. The molecule has 0 fully saturated rings. The van der Waals surface area contributed by atoms with Gasteiger partial charge >= 0.3 is 0 Å². The van der Waals surface area contributed by atoms with Crippen molar-refractivity contribution in [2.24, 2.45) is 0 Å². The number of hydrogen-bond donors (Lipinski definition) is 1. The van der Waals surface area contributed by atoms with Crippen molar-refractivity contribution < 1.29 is 14.3 Å². The third-order valence-corrected chi connectivity index (χ3v) is 5.50. The Morgan fingerprint density at radius 1 is 1.24 bits per heavy atom. The van der Waals surface area contributed by atoms with Gasteiger partial charge < -0.3 is 9.47 Å². The lowest BCUT2D eigenvalue weighted by Gasteiger charge is -2.07. The van der Waals surface area contributed by atoms with E-state index in [9.17, 15) is 4.79 Å². The Hall–Kier alpha value is -2.25. The van der Waals surface area contributed by atoms with Crippen LogP contribution in [0.15, 0.2) is 41.3 Å². The molecule has 0 saturated carbocycles. The smallest absolute Gasteiger partial charge is 0.257 e. The third-order valence-electron chi connectivity index (χ3n) is 3.57. The number of nitrogens with one attached hydrogen (secondary N) is 1. The number of anilines is 1. The van der Waals surface area contributed by atoms with Crippen LogP contribution in [0.2, 0.25) is 0 Å². The zero-order valence-electron chi connectivity index (χ0n) is 13.7. The molecule has 0 unspecified atom stereocenters. The predicted molar refractivity (Wildman–Crippen MR) is 101 cm³/mol. The van der Waals surface area contributed by atoms with Gasteiger partial charge in [0.15, 0.2) is 16.6 Å². The van der Waals surface area contributed by atoms with Crippen molar-refractivity contribution in [3.63, 3.8) is 0 Å². The minimum absolute atomic E-state index is 0.162. The second-order valence-electron chi connectivity index (χ2n) is 5.84. The zero-order chi connectivity index (χ0) is 17.4. The molecule has 0 bridgehead atoms. The van der Waals surface area contributed by atoms with Crippen molar-refractivity contribution in [3.8, 4) is 11.5 Å². The van der Waals surface area contributed by atoms with Crippen molar-refractivity contribution >= 4 is 44.4 Å². The highest BCUT2D eigenvalue weighted by Crippen LogP contribution is 2.39. The lowest BCUT2D eigenvalue weighted by molar-refractivity contribution is 0.102. The highest BCUT2D eigenvalue weighted by atomic mass is 32.2. The molecule has 5 nitrogen and oxygen atoms in total. The molecule has 7 heteroatoms. The molecule has 0 atom stereocenters. The van der Waals surface area contributed by atoms with Crippen LogP contribution >= 0.6 is 23.1 Å². The molecular formula is C18H16N2O3S2. The highest BCUT2D eigenvalue weighted by molar-refractivity contribution is 7.99. The zero-order valence-corrected chi connectivity index (χ0v) is 15.4. The van der Waals surface area contributed by atoms with Crippen LogP contribution in [0.3, 0.4) is 0 Å². The average molecular weight is 372 g/mol. The summed E-state index contributed by atoms with van der Waals surface area (Å²) in [5.74, 6) is 1.24. The second kappa shape index (κ2) is 6.57. The van der Waals surface area contributed by atoms with E-state index in [2.05, 4.69) is 24.1 Å². The Balaban J connectivity index is 1.55. The van der Waals surface area contributed by atoms with Gasteiger partial charge in [0, 0.05) is 27.8 Å². The summed E-state index contributed by atoms with van der Waals surface area (Å²) in [6.45, 7) is 4.49. The van der Waals surface area contributed by atoms with E-state index in [1.54, 1.807) is 11.8 Å². The van der Waals surface area contributed by atoms with E-state index in [4.69, 9.17) is 9.47 Å². The number of thiazole rings is 1. The van der Waals surface area contributed by atoms with Crippen LogP contribution in [0.25, 0.3) is 10.2 Å². The van der Waals surface area contributed by atoms with Gasteiger partial charge in [-0.15, -0.1) is 11.8 Å². The number of hydrogen-bond acceptors (Lipinski definition) is 6. The van der Waals surface area contributed by atoms with E-state index in [0.717, 1.165) is 15.1 Å². The molecule has 1 aliphatic rings. The summed E-state index contributed by atoms with van der Waals surface area (Å²) >= 11 is 3.15. The molecule has 1 aromatic heterocycles. The van der Waals surface area contributed by atoms with E-state index >= 15 is 0 Å². The van der Waals surface area contributed by atoms with Crippen molar-refractivity contribution in [3.05, 3.63) is 42.0 Å². The number of carbonyl (C=O) groups is 1. The van der Waals surface area contributed by atoms with E-state index in [1.807, 2.05) is 36.4 Å². The number of carbonyl (C=O) groups excluding carboxylic acids is 1. The van der Waals surface area contributed by atoms with E-state index in [1.165, 1.54) is 11.3 Å². The van der Waals surface area contributed by atoms with Gasteiger partial charge in [-0.05, 0) is 18.2 Å². The Kier molecular flexibility index (Phi) is 4.27. The van der Waals surface area contributed by atoms with Gasteiger partial charge in [-0.3, -0.25) is 10.1 Å². The van der Waals surface area contributed by atoms with Gasteiger partial charge in [-0.1, -0.05) is 31.3 Å². The molecule has 3 aromatic rings. The molecule has 2 heterocycles. The summed E-state index contributed by atoms with van der Waals surface area (Å²) in [7, 11) is 0. The van der Waals surface area contributed by atoms with Crippen LogP contribution in [0.4, 0.5) is 5.13 Å². The Morgan fingerprint density at radius 2 is 2.04 bits per heavy atom. The summed E-state index contributed by atoms with van der Waals surface area (Å²) in [6, 6.07) is 11.4. The minimum atomic E-state index is -0.162. The van der Waals surface area contributed by atoms with Crippen LogP contribution in [0.5, 0.6) is 11.5 Å². The molecule has 2 aromatic carbocycles. The fraction of sp³-hybridized carbons (Fsp3) is 0.222. The van der Waals surface area contributed by atoms with Gasteiger partial charge in [0.2, 0.25) is 6.79 Å². The number of amides is 1. The quantitative estimate of drug-likeness (QED) is 0.668. The molecule has 25 heavy (non-hydrogen) atoms. The molecule has 4 rings (SSSR count). The minimum Gasteiger partial charge on any atom is -0.454 e. The molecule has 128 valence electrons. The van der Waals surface area contributed by atoms with Gasteiger partial charge in [-0.25, -0.2) is 4.98 Å². The number of rotatable bonds is 4. The standard InChI is InChI=1S/C18H16N2O3S2/c1-10(2)24-12-5-3-4-11(6-12)17(21)20-18-19-13-7-14-15(23-9-22-14)8-16(13)25-18/h3-8,10H,9H2,1-2H3,(H,19,20,21). The summed E-state index contributed by atoms with van der Waals surface area (Å²) in [6.07, 6.45) is 0. The summed E-state index contributed by atoms with van der Waals surface area (Å²) < 4.78 is 11.7. The van der Waals surface area contributed by atoms with Crippen LogP contribution in [-0.4, -0.2) is 22.9 Å². The lowest BCUT2D eigenvalue weighted by Crippen LogP contribution is -2.11. The largest absolute Gasteiger partial charge is 0.454 e. The molecular weight excluding hydrogens is 356 g/mol. The Morgan fingerprint density at radius 3 is 2.84 bits per heavy atom. The first kappa shape index (κ1) is 16.2. The van der Waals surface area contributed by atoms with Crippen LogP contribution in [0.1, 0.15) is 24.2 Å². The average Bonchev–Trinajstić information content (AvgIpc) is 3.17. The van der Waals surface area contributed by atoms with Gasteiger partial charge in [0.25, 0.3) is 5.91 Å². The van der Waals surface area contributed by atoms with Gasteiger partial charge in [0.1, 0.15) is 0 Å². The lowest BCUT2D eigenvalue weighted by atomic mass is 10.2. The number of aromatic nitrogens is 1. The van der Waals surface area contributed by atoms with Crippen LogP contribution in [0, 0.1) is 0 Å². The van der Waals surface area contributed by atoms with Crippen molar-refractivity contribution in [1.82, 2.24) is 4.98 Å². The summed E-state index contributed by atoms with van der Waals surface area (Å²) in [5.41, 5.74) is 1.41. The predicted octanol–water partition coefficient (Wildman–Crippen LogP) is 4.78. The molecule has 1 amide bonds. The molecule has 1 N–H and O–H groups in total. The SMILES string of the molecule is CC(C)Sc1cccc(C(=O)Nc2nc3cc4c(cc3s2)OCO4)c1. The summed E-state index contributed by atoms with van der Waals surface area (Å²) in [5, 5.41) is 3.91. The van der Waals surface area contributed by atoms with E-state index in [0.29, 0.717) is 27.4 Å². The van der Waals surface area contributed by atoms with E-state index < -0.39 is 0 Å². The molecule has 0 spiro atoms. The highest BCUT2D eigenvalue weighted by Gasteiger charge is 2.17. The molecule has 0 saturated heterocycles. The maximum atomic E-state index is 12.5. The van der Waals surface area contributed by atoms with Crippen molar-refractivity contribution in [1.29, 1.82) is 0 Å². The van der Waals surface area contributed by atoms with E-state index in [-0.39, 0.29) is 12.7 Å². The molecule has 0 aliphatic carbocycles. The van der Waals surface area contributed by atoms with Gasteiger partial charge in [-0.2, -0.15) is 0 Å². The third kappa shape index (κ3) is 3.43. The van der Waals surface area contributed by atoms with Gasteiger partial charge in [0.05, 0.1) is 10.2 Å². The van der Waals surface area contributed by atoms with Crippen LogP contribution < -0.4 is 14.8 Å². The topological polar surface area (TPSA) is 60.5 Å². The first-order valence-electron chi connectivity index (χ1n) is 7.87. The first-order valence-corrected chi connectivity index (χ1v) is 9.56. The molecule has 1 aliphatic heterocycles.